The van der Waals surface area contributed by atoms with Gasteiger partial charge in [0.1, 0.15) is 0 Å². The highest BCUT2D eigenvalue weighted by atomic mass is 16.2. The summed E-state index contributed by atoms with van der Waals surface area (Å²) >= 11 is 0. The number of benzene rings is 1. The predicted octanol–water partition coefficient (Wildman–Crippen LogP) is 2.95. The van der Waals surface area contributed by atoms with Gasteiger partial charge in [-0.15, -0.1) is 0 Å². The molecule has 1 aromatic heterocycles. The van der Waals surface area contributed by atoms with Crippen LogP contribution in [0.1, 0.15) is 35.9 Å². The van der Waals surface area contributed by atoms with Crippen molar-refractivity contribution in [2.45, 2.75) is 31.7 Å². The molecule has 2 amide bonds. The van der Waals surface area contributed by atoms with E-state index in [1.54, 1.807) is 0 Å². The van der Waals surface area contributed by atoms with Crippen LogP contribution in [0.2, 0.25) is 0 Å². The maximum absolute atomic E-state index is 12.4. The van der Waals surface area contributed by atoms with Crippen molar-refractivity contribution >= 4 is 6.03 Å². The molecule has 0 bridgehead atoms. The fraction of sp³-hybridized carbons (Fsp3) is 0.474. The van der Waals surface area contributed by atoms with Gasteiger partial charge in [-0.1, -0.05) is 30.3 Å². The minimum Gasteiger partial charge on any atom is -0.338 e. The van der Waals surface area contributed by atoms with E-state index in [2.05, 4.69) is 40.9 Å². The number of amides is 2. The van der Waals surface area contributed by atoms with E-state index in [1.807, 2.05) is 28.8 Å². The van der Waals surface area contributed by atoms with Gasteiger partial charge in [0.05, 0.1) is 12.2 Å². The van der Waals surface area contributed by atoms with Gasteiger partial charge in [0.15, 0.2) is 0 Å². The molecule has 1 aliphatic carbocycles. The van der Waals surface area contributed by atoms with Crippen LogP contribution in [-0.2, 0) is 0 Å². The minimum absolute atomic E-state index is 0.0695. The number of urea groups is 1. The van der Waals surface area contributed by atoms with Gasteiger partial charge in [-0.2, -0.15) is 5.10 Å². The third-order valence-electron chi connectivity index (χ3n) is 5.22. The van der Waals surface area contributed by atoms with Crippen LogP contribution < -0.4 is 5.32 Å². The Labute approximate surface area is 142 Å². The highest BCUT2D eigenvalue weighted by molar-refractivity contribution is 5.74. The lowest BCUT2D eigenvalue weighted by molar-refractivity contribution is 0.206. The van der Waals surface area contributed by atoms with E-state index in [-0.39, 0.29) is 6.03 Å². The molecule has 2 fully saturated rings. The summed E-state index contributed by atoms with van der Waals surface area (Å²) in [7, 11) is 0. The lowest BCUT2D eigenvalue weighted by Crippen LogP contribution is -2.39. The number of carbonyl (C=O) groups excluding carboxylic acids is 1. The van der Waals surface area contributed by atoms with E-state index >= 15 is 0 Å². The van der Waals surface area contributed by atoms with E-state index in [9.17, 15) is 4.79 Å². The van der Waals surface area contributed by atoms with Crippen LogP contribution in [0, 0.1) is 12.8 Å². The molecule has 4 rings (SSSR count). The van der Waals surface area contributed by atoms with Crippen molar-refractivity contribution in [1.82, 2.24) is 20.0 Å². The van der Waals surface area contributed by atoms with Crippen molar-refractivity contribution in [2.75, 3.05) is 19.6 Å². The smallest absolute Gasteiger partial charge is 0.317 e. The molecule has 2 aromatic rings. The van der Waals surface area contributed by atoms with Crippen molar-refractivity contribution in [3.8, 4) is 0 Å². The molecular weight excluding hydrogens is 300 g/mol. The Morgan fingerprint density at radius 1 is 1.33 bits per heavy atom. The largest absolute Gasteiger partial charge is 0.338 e. The average molecular weight is 324 g/mol. The summed E-state index contributed by atoms with van der Waals surface area (Å²) in [6.45, 7) is 4.38. The number of rotatable bonds is 4. The number of likely N-dealkylation sites (tertiary alicyclic amines) is 1. The van der Waals surface area contributed by atoms with E-state index in [0.717, 1.165) is 26.1 Å². The van der Waals surface area contributed by atoms with Gasteiger partial charge < -0.3 is 10.2 Å². The SMILES string of the molecule is Cc1cnn(C2CCN(C(=O)NC[C@@H]3C[C@H]3c3ccccc3)C2)c1. The topological polar surface area (TPSA) is 50.2 Å². The molecule has 0 radical (unpaired) electrons. The average Bonchev–Trinajstić information content (AvgIpc) is 2.99. The molecule has 24 heavy (non-hydrogen) atoms. The molecule has 2 heterocycles. The second-order valence-electron chi connectivity index (χ2n) is 7.09. The molecule has 1 aliphatic heterocycles. The van der Waals surface area contributed by atoms with Crippen LogP contribution in [0.4, 0.5) is 4.79 Å². The lowest BCUT2D eigenvalue weighted by Gasteiger charge is -2.17. The normalized spacial score (nSPS) is 25.7. The summed E-state index contributed by atoms with van der Waals surface area (Å²) in [6.07, 6.45) is 6.09. The molecule has 3 atom stereocenters. The third-order valence-corrected chi connectivity index (χ3v) is 5.22. The fourth-order valence-corrected chi connectivity index (χ4v) is 3.69. The molecule has 1 N–H and O–H groups in total. The van der Waals surface area contributed by atoms with E-state index < -0.39 is 0 Å². The summed E-state index contributed by atoms with van der Waals surface area (Å²) < 4.78 is 1.99. The number of carbonyl (C=O) groups is 1. The van der Waals surface area contributed by atoms with E-state index in [4.69, 9.17) is 0 Å². The molecule has 0 spiro atoms. The third kappa shape index (κ3) is 3.16. The number of hydrogen-bond acceptors (Lipinski definition) is 2. The molecule has 5 nitrogen and oxygen atoms in total. The first-order chi connectivity index (χ1) is 11.7. The van der Waals surface area contributed by atoms with Crippen LogP contribution in [0.5, 0.6) is 0 Å². The molecule has 1 saturated heterocycles. The molecule has 1 aromatic carbocycles. The summed E-state index contributed by atoms with van der Waals surface area (Å²) in [6, 6.07) is 11.0. The first-order valence-electron chi connectivity index (χ1n) is 8.79. The molecule has 1 saturated carbocycles. The van der Waals surface area contributed by atoms with Crippen LogP contribution in [0.15, 0.2) is 42.7 Å². The summed E-state index contributed by atoms with van der Waals surface area (Å²) in [4.78, 5) is 14.3. The van der Waals surface area contributed by atoms with Gasteiger partial charge in [-0.25, -0.2) is 4.79 Å². The first kappa shape index (κ1) is 15.2. The Kier molecular flexibility index (Phi) is 4.00. The Balaban J connectivity index is 1.24. The summed E-state index contributed by atoms with van der Waals surface area (Å²) in [5.74, 6) is 1.20. The van der Waals surface area contributed by atoms with Crippen molar-refractivity contribution in [1.29, 1.82) is 0 Å². The standard InChI is InChI=1S/C19H24N4O/c1-14-10-21-23(12-14)17-7-8-22(13-17)19(24)20-11-16-9-18(16)15-5-3-2-4-6-15/h2-6,10,12,16-18H,7-9,11,13H2,1H3,(H,20,24)/t16-,17?,18-/m0/s1. The highest BCUT2D eigenvalue weighted by Gasteiger charge is 2.38. The lowest BCUT2D eigenvalue weighted by atomic mass is 10.1. The zero-order valence-corrected chi connectivity index (χ0v) is 14.1. The molecule has 1 unspecified atom stereocenters. The first-order valence-corrected chi connectivity index (χ1v) is 8.79. The number of nitrogens with zero attached hydrogens (tertiary/aromatic N) is 3. The number of aryl methyl sites for hydroxylation is 1. The van der Waals surface area contributed by atoms with Gasteiger partial charge in [0.2, 0.25) is 0 Å². The fourth-order valence-electron chi connectivity index (χ4n) is 3.69. The van der Waals surface area contributed by atoms with Gasteiger partial charge in [-0.05, 0) is 42.7 Å². The number of aromatic nitrogens is 2. The summed E-state index contributed by atoms with van der Waals surface area (Å²) in [5, 5.41) is 7.50. The van der Waals surface area contributed by atoms with Crippen molar-refractivity contribution in [3.05, 3.63) is 53.9 Å². The number of hydrogen-bond donors (Lipinski definition) is 1. The second-order valence-corrected chi connectivity index (χ2v) is 7.09. The monoisotopic (exact) mass is 324 g/mol. The zero-order chi connectivity index (χ0) is 16.5. The van der Waals surface area contributed by atoms with Crippen LogP contribution in [-0.4, -0.2) is 40.3 Å². The Hall–Kier alpha value is -2.30. The quantitative estimate of drug-likeness (QED) is 0.940. The highest BCUT2D eigenvalue weighted by Crippen LogP contribution is 2.46. The van der Waals surface area contributed by atoms with Crippen molar-refractivity contribution in [3.63, 3.8) is 0 Å². The predicted molar refractivity (Wildman–Crippen MR) is 92.9 cm³/mol. The van der Waals surface area contributed by atoms with Crippen LogP contribution in [0.3, 0.4) is 0 Å². The number of nitrogens with one attached hydrogen (secondary N) is 1. The molecule has 5 heteroatoms. The Bertz CT molecular complexity index is 711. The van der Waals surface area contributed by atoms with Crippen LogP contribution in [0.25, 0.3) is 0 Å². The Morgan fingerprint density at radius 2 is 2.17 bits per heavy atom. The zero-order valence-electron chi connectivity index (χ0n) is 14.1. The van der Waals surface area contributed by atoms with Gasteiger partial charge >= 0.3 is 6.03 Å². The van der Waals surface area contributed by atoms with Gasteiger partial charge in [0, 0.05) is 25.8 Å². The van der Waals surface area contributed by atoms with Gasteiger partial charge in [0.25, 0.3) is 0 Å². The summed E-state index contributed by atoms with van der Waals surface area (Å²) in [5.41, 5.74) is 2.56. The molecule has 126 valence electrons. The van der Waals surface area contributed by atoms with E-state index in [1.165, 1.54) is 17.5 Å². The Morgan fingerprint density at radius 3 is 2.92 bits per heavy atom. The van der Waals surface area contributed by atoms with Crippen LogP contribution >= 0.6 is 0 Å². The van der Waals surface area contributed by atoms with Gasteiger partial charge in [-0.3, -0.25) is 4.68 Å². The van der Waals surface area contributed by atoms with Crippen molar-refractivity contribution < 1.29 is 4.79 Å². The van der Waals surface area contributed by atoms with Crippen molar-refractivity contribution in [2.24, 2.45) is 5.92 Å². The second kappa shape index (κ2) is 6.30. The maximum Gasteiger partial charge on any atom is 0.317 e. The minimum atomic E-state index is 0.0695. The molecular formula is C19H24N4O. The van der Waals surface area contributed by atoms with E-state index in [0.29, 0.717) is 17.9 Å². The molecule has 2 aliphatic rings. The maximum atomic E-state index is 12.4.